The van der Waals surface area contributed by atoms with Crippen molar-refractivity contribution in [1.82, 2.24) is 15.0 Å². The molecule has 0 spiro atoms. The van der Waals surface area contributed by atoms with Crippen LogP contribution < -0.4 is 0 Å². The Morgan fingerprint density at radius 3 is 2.63 bits per heavy atom. The van der Waals surface area contributed by atoms with Crippen molar-refractivity contribution in [3.8, 4) is 10.6 Å². The van der Waals surface area contributed by atoms with Crippen molar-refractivity contribution in [2.75, 3.05) is 0 Å². The first-order valence-corrected chi connectivity index (χ1v) is 6.69. The molecule has 0 aliphatic heterocycles. The normalized spacial score (nSPS) is 10.9. The van der Waals surface area contributed by atoms with Crippen LogP contribution in [0.5, 0.6) is 0 Å². The molecule has 0 atom stereocenters. The van der Waals surface area contributed by atoms with Gasteiger partial charge in [0.1, 0.15) is 11.3 Å². The lowest BCUT2D eigenvalue weighted by molar-refractivity contribution is 1.15. The van der Waals surface area contributed by atoms with Crippen molar-refractivity contribution in [3.05, 3.63) is 65.7 Å². The van der Waals surface area contributed by atoms with Gasteiger partial charge in [0.05, 0.1) is 5.69 Å². The quantitative estimate of drug-likeness (QED) is 0.723. The molecule has 0 aliphatic carbocycles. The summed E-state index contributed by atoms with van der Waals surface area (Å²) in [7, 11) is 0. The van der Waals surface area contributed by atoms with Crippen LogP contribution in [0.1, 0.15) is 10.6 Å². The lowest BCUT2D eigenvalue weighted by Gasteiger charge is -1.92. The standard InChI is InChI=1S/C15H11N3S/c1-2-4-12(5-3-1)15-17-10-14(19-15)7-6-13-8-9-16-11-18-13/h1-11H. The zero-order valence-corrected chi connectivity index (χ0v) is 10.9. The molecule has 0 amide bonds. The second kappa shape index (κ2) is 5.54. The molecule has 3 nitrogen and oxygen atoms in total. The first-order chi connectivity index (χ1) is 9.42. The minimum atomic E-state index is 0.893. The lowest BCUT2D eigenvalue weighted by atomic mass is 10.2. The molecule has 2 heterocycles. The van der Waals surface area contributed by atoms with Crippen LogP contribution in [-0.4, -0.2) is 15.0 Å². The van der Waals surface area contributed by atoms with Crippen molar-refractivity contribution < 1.29 is 0 Å². The SMILES string of the molecule is C(=Cc1cnc(-c2ccccc2)s1)c1ccncn1. The molecule has 0 saturated heterocycles. The van der Waals surface area contributed by atoms with E-state index in [1.54, 1.807) is 23.9 Å². The molecule has 19 heavy (non-hydrogen) atoms. The van der Waals surface area contributed by atoms with Crippen molar-refractivity contribution in [3.63, 3.8) is 0 Å². The van der Waals surface area contributed by atoms with E-state index in [4.69, 9.17) is 0 Å². The number of rotatable bonds is 3. The van der Waals surface area contributed by atoms with E-state index >= 15 is 0 Å². The summed E-state index contributed by atoms with van der Waals surface area (Å²) in [5.74, 6) is 0. The van der Waals surface area contributed by atoms with E-state index in [1.807, 2.05) is 42.6 Å². The molecule has 0 aliphatic rings. The van der Waals surface area contributed by atoms with E-state index in [0.717, 1.165) is 21.1 Å². The highest BCUT2D eigenvalue weighted by atomic mass is 32.1. The van der Waals surface area contributed by atoms with E-state index < -0.39 is 0 Å². The summed E-state index contributed by atoms with van der Waals surface area (Å²) in [6.07, 6.45) is 9.14. The molecule has 4 heteroatoms. The molecule has 0 bridgehead atoms. The number of nitrogens with zero attached hydrogens (tertiary/aromatic N) is 3. The molecule has 0 radical (unpaired) electrons. The van der Waals surface area contributed by atoms with Gasteiger partial charge in [-0.25, -0.2) is 15.0 Å². The second-order valence-electron chi connectivity index (χ2n) is 3.90. The average molecular weight is 265 g/mol. The highest BCUT2D eigenvalue weighted by molar-refractivity contribution is 7.15. The van der Waals surface area contributed by atoms with Gasteiger partial charge in [-0.3, -0.25) is 0 Å². The summed E-state index contributed by atoms with van der Waals surface area (Å²) in [6.45, 7) is 0. The molecule has 3 rings (SSSR count). The van der Waals surface area contributed by atoms with Crippen molar-refractivity contribution in [2.24, 2.45) is 0 Å². The first-order valence-electron chi connectivity index (χ1n) is 5.87. The Hall–Kier alpha value is -2.33. The van der Waals surface area contributed by atoms with Crippen LogP contribution in [0.25, 0.3) is 22.7 Å². The zero-order valence-electron chi connectivity index (χ0n) is 10.1. The number of aromatic nitrogens is 3. The van der Waals surface area contributed by atoms with Gasteiger partial charge >= 0.3 is 0 Å². The van der Waals surface area contributed by atoms with Gasteiger partial charge < -0.3 is 0 Å². The number of thiazole rings is 1. The van der Waals surface area contributed by atoms with Gasteiger partial charge in [0.15, 0.2) is 0 Å². The molecule has 2 aromatic heterocycles. The molecule has 0 saturated carbocycles. The highest BCUT2D eigenvalue weighted by Gasteiger charge is 2.01. The fraction of sp³-hybridized carbons (Fsp3) is 0. The van der Waals surface area contributed by atoms with Crippen LogP contribution in [-0.2, 0) is 0 Å². The van der Waals surface area contributed by atoms with Gasteiger partial charge in [-0.1, -0.05) is 30.3 Å². The topological polar surface area (TPSA) is 38.7 Å². The third kappa shape index (κ3) is 2.92. The average Bonchev–Trinajstić information content (AvgIpc) is 2.96. The predicted molar refractivity (Wildman–Crippen MR) is 78.5 cm³/mol. The van der Waals surface area contributed by atoms with Gasteiger partial charge in [-0.2, -0.15) is 0 Å². The first kappa shape index (κ1) is 11.7. The Bertz CT molecular complexity index is 675. The third-order valence-corrected chi connectivity index (χ3v) is 3.58. The summed E-state index contributed by atoms with van der Waals surface area (Å²) in [6, 6.07) is 12.1. The number of hydrogen-bond acceptors (Lipinski definition) is 4. The molecule has 1 aromatic carbocycles. The fourth-order valence-electron chi connectivity index (χ4n) is 1.64. The Balaban J connectivity index is 1.81. The van der Waals surface area contributed by atoms with Gasteiger partial charge in [-0.15, -0.1) is 11.3 Å². The van der Waals surface area contributed by atoms with E-state index in [9.17, 15) is 0 Å². The molecule has 0 unspecified atom stereocenters. The maximum atomic E-state index is 4.43. The van der Waals surface area contributed by atoms with E-state index in [-0.39, 0.29) is 0 Å². The van der Waals surface area contributed by atoms with Crippen molar-refractivity contribution in [2.45, 2.75) is 0 Å². The van der Waals surface area contributed by atoms with E-state index in [0.29, 0.717) is 0 Å². The van der Waals surface area contributed by atoms with Crippen molar-refractivity contribution in [1.29, 1.82) is 0 Å². The second-order valence-corrected chi connectivity index (χ2v) is 4.96. The summed E-state index contributed by atoms with van der Waals surface area (Å²) in [5, 5.41) is 1.03. The maximum Gasteiger partial charge on any atom is 0.123 e. The summed E-state index contributed by atoms with van der Waals surface area (Å²) in [4.78, 5) is 13.6. The molecular weight excluding hydrogens is 254 g/mol. The van der Waals surface area contributed by atoms with Crippen LogP contribution in [0.4, 0.5) is 0 Å². The van der Waals surface area contributed by atoms with Gasteiger partial charge in [0.25, 0.3) is 0 Å². The molecular formula is C15H11N3S. The molecule has 0 fully saturated rings. The van der Waals surface area contributed by atoms with Crippen LogP contribution in [0.2, 0.25) is 0 Å². The summed E-state index contributed by atoms with van der Waals surface area (Å²) in [5.41, 5.74) is 2.04. The van der Waals surface area contributed by atoms with Crippen LogP contribution in [0.3, 0.4) is 0 Å². The molecule has 0 N–H and O–H groups in total. The molecule has 92 valence electrons. The number of hydrogen-bond donors (Lipinski definition) is 0. The summed E-state index contributed by atoms with van der Waals surface area (Å²) < 4.78 is 0. The van der Waals surface area contributed by atoms with Crippen LogP contribution in [0.15, 0.2) is 55.1 Å². The third-order valence-electron chi connectivity index (χ3n) is 2.57. The minimum absolute atomic E-state index is 0.893. The van der Waals surface area contributed by atoms with Gasteiger partial charge in [-0.05, 0) is 18.2 Å². The van der Waals surface area contributed by atoms with E-state index in [1.165, 1.54) is 0 Å². The maximum absolute atomic E-state index is 4.43. The lowest BCUT2D eigenvalue weighted by Crippen LogP contribution is -1.79. The molecule has 3 aromatic rings. The predicted octanol–water partition coefficient (Wildman–Crippen LogP) is 3.77. The number of benzene rings is 1. The highest BCUT2D eigenvalue weighted by Crippen LogP contribution is 2.25. The Kier molecular flexibility index (Phi) is 3.42. The Morgan fingerprint density at radius 2 is 1.84 bits per heavy atom. The van der Waals surface area contributed by atoms with Crippen LogP contribution >= 0.6 is 11.3 Å². The summed E-state index contributed by atoms with van der Waals surface area (Å²) >= 11 is 1.66. The van der Waals surface area contributed by atoms with Crippen molar-refractivity contribution >= 4 is 23.5 Å². The Morgan fingerprint density at radius 1 is 0.947 bits per heavy atom. The fourth-order valence-corrected chi connectivity index (χ4v) is 2.47. The minimum Gasteiger partial charge on any atom is -0.245 e. The largest absolute Gasteiger partial charge is 0.245 e. The monoisotopic (exact) mass is 265 g/mol. The smallest absolute Gasteiger partial charge is 0.123 e. The Labute approximate surface area is 115 Å². The van der Waals surface area contributed by atoms with E-state index in [2.05, 4.69) is 27.1 Å². The zero-order chi connectivity index (χ0) is 12.9. The van der Waals surface area contributed by atoms with Gasteiger partial charge in [0, 0.05) is 22.8 Å². The van der Waals surface area contributed by atoms with Gasteiger partial charge in [0.2, 0.25) is 0 Å². The van der Waals surface area contributed by atoms with Crippen LogP contribution in [0, 0.1) is 0 Å².